The lowest BCUT2D eigenvalue weighted by Gasteiger charge is -2.28. The van der Waals surface area contributed by atoms with E-state index in [0.29, 0.717) is 23.7 Å². The normalized spacial score (nSPS) is 16.8. The average molecular weight is 353 g/mol. The van der Waals surface area contributed by atoms with Crippen LogP contribution in [0.4, 0.5) is 5.69 Å². The van der Waals surface area contributed by atoms with Gasteiger partial charge in [-0.3, -0.25) is 9.10 Å². The van der Waals surface area contributed by atoms with E-state index in [1.165, 1.54) is 24.2 Å². The number of rotatable bonds is 6. The number of likely N-dealkylation sites (tertiary alicyclic amines) is 1. The fraction of sp³-hybridized carbons (Fsp3) is 0.588. The quantitative estimate of drug-likeness (QED) is 0.842. The number of carbonyl (C=O) groups is 1. The van der Waals surface area contributed by atoms with Crippen LogP contribution in [-0.2, 0) is 10.0 Å². The molecule has 1 aromatic rings. The minimum Gasteiger partial charge on any atom is -0.352 e. The third-order valence-corrected chi connectivity index (χ3v) is 5.85. The van der Waals surface area contributed by atoms with Gasteiger partial charge < -0.3 is 10.2 Å². The molecule has 1 amide bonds. The highest BCUT2D eigenvalue weighted by Crippen LogP contribution is 2.19. The van der Waals surface area contributed by atoms with Crippen LogP contribution in [0.25, 0.3) is 0 Å². The van der Waals surface area contributed by atoms with Crippen molar-refractivity contribution in [2.75, 3.05) is 44.3 Å². The lowest BCUT2D eigenvalue weighted by molar-refractivity contribution is 0.0949. The SMILES string of the molecule is CN1CCC(CCNC(=O)c2cccc(N(C)S(C)(=O)=O)c2)CC1. The molecule has 0 atom stereocenters. The Balaban J connectivity index is 1.88. The molecule has 0 radical (unpaired) electrons. The van der Waals surface area contributed by atoms with Gasteiger partial charge in [0.2, 0.25) is 10.0 Å². The summed E-state index contributed by atoms with van der Waals surface area (Å²) in [6.07, 6.45) is 4.49. The fourth-order valence-corrected chi connectivity index (χ4v) is 3.37. The number of hydrogen-bond donors (Lipinski definition) is 1. The van der Waals surface area contributed by atoms with Crippen LogP contribution in [-0.4, -0.2) is 59.2 Å². The first-order valence-corrected chi connectivity index (χ1v) is 10.1. The summed E-state index contributed by atoms with van der Waals surface area (Å²) >= 11 is 0. The number of nitrogens with one attached hydrogen (secondary N) is 1. The maximum Gasteiger partial charge on any atom is 0.251 e. The van der Waals surface area contributed by atoms with E-state index < -0.39 is 10.0 Å². The van der Waals surface area contributed by atoms with Gasteiger partial charge in [0.15, 0.2) is 0 Å². The molecule has 1 heterocycles. The number of benzene rings is 1. The number of carbonyl (C=O) groups excluding carboxylic acids is 1. The van der Waals surface area contributed by atoms with E-state index in [9.17, 15) is 13.2 Å². The van der Waals surface area contributed by atoms with Gasteiger partial charge in [0, 0.05) is 19.2 Å². The summed E-state index contributed by atoms with van der Waals surface area (Å²) in [6, 6.07) is 6.68. The Morgan fingerprint density at radius 1 is 1.33 bits per heavy atom. The van der Waals surface area contributed by atoms with E-state index in [4.69, 9.17) is 0 Å². The summed E-state index contributed by atoms with van der Waals surface area (Å²) in [5, 5.41) is 2.94. The molecule has 1 aliphatic heterocycles. The molecule has 1 N–H and O–H groups in total. The number of nitrogens with zero attached hydrogens (tertiary/aromatic N) is 2. The van der Waals surface area contributed by atoms with Gasteiger partial charge in [0.05, 0.1) is 11.9 Å². The van der Waals surface area contributed by atoms with Crippen LogP contribution < -0.4 is 9.62 Å². The summed E-state index contributed by atoms with van der Waals surface area (Å²) in [5.74, 6) is 0.510. The van der Waals surface area contributed by atoms with Gasteiger partial charge in [-0.15, -0.1) is 0 Å². The Morgan fingerprint density at radius 3 is 2.62 bits per heavy atom. The van der Waals surface area contributed by atoms with Crippen LogP contribution in [0.5, 0.6) is 0 Å². The highest BCUT2D eigenvalue weighted by atomic mass is 32.2. The molecule has 0 saturated carbocycles. The first-order valence-electron chi connectivity index (χ1n) is 8.28. The number of anilines is 1. The molecule has 0 aliphatic carbocycles. The zero-order valence-corrected chi connectivity index (χ0v) is 15.5. The smallest absolute Gasteiger partial charge is 0.251 e. The summed E-state index contributed by atoms with van der Waals surface area (Å²) in [6.45, 7) is 2.90. The first kappa shape index (κ1) is 18.7. The van der Waals surface area contributed by atoms with E-state index in [0.717, 1.165) is 25.8 Å². The van der Waals surface area contributed by atoms with Crippen molar-refractivity contribution in [3.8, 4) is 0 Å². The van der Waals surface area contributed by atoms with Crippen molar-refractivity contribution in [3.63, 3.8) is 0 Å². The monoisotopic (exact) mass is 353 g/mol. The molecule has 7 heteroatoms. The van der Waals surface area contributed by atoms with Gasteiger partial charge in [-0.25, -0.2) is 8.42 Å². The number of sulfonamides is 1. The Kier molecular flexibility index (Phi) is 6.23. The molecule has 1 aliphatic rings. The van der Waals surface area contributed by atoms with Crippen LogP contribution in [0.15, 0.2) is 24.3 Å². The van der Waals surface area contributed by atoms with Crippen molar-refractivity contribution in [2.24, 2.45) is 5.92 Å². The van der Waals surface area contributed by atoms with Crippen molar-refractivity contribution in [1.82, 2.24) is 10.2 Å². The molecule has 1 fully saturated rings. The van der Waals surface area contributed by atoms with Gasteiger partial charge in [-0.2, -0.15) is 0 Å². The van der Waals surface area contributed by atoms with Gasteiger partial charge in [-0.05, 0) is 63.5 Å². The standard InChI is InChI=1S/C17H27N3O3S/c1-19-11-8-14(9-12-19)7-10-18-17(21)15-5-4-6-16(13-15)20(2)24(3,22)23/h4-6,13-14H,7-12H2,1-3H3,(H,18,21). The van der Waals surface area contributed by atoms with Gasteiger partial charge >= 0.3 is 0 Å². The summed E-state index contributed by atoms with van der Waals surface area (Å²) in [4.78, 5) is 14.6. The third-order valence-electron chi connectivity index (χ3n) is 4.65. The molecule has 0 aromatic heterocycles. The first-order chi connectivity index (χ1) is 11.3. The second-order valence-corrected chi connectivity index (χ2v) is 8.59. The van der Waals surface area contributed by atoms with Gasteiger partial charge in [0.25, 0.3) is 5.91 Å². The van der Waals surface area contributed by atoms with Crippen molar-refractivity contribution < 1.29 is 13.2 Å². The predicted octanol–water partition coefficient (Wildman–Crippen LogP) is 1.54. The summed E-state index contributed by atoms with van der Waals surface area (Å²) < 4.78 is 24.4. The minimum absolute atomic E-state index is 0.160. The topological polar surface area (TPSA) is 69.7 Å². The Morgan fingerprint density at radius 2 is 2.00 bits per heavy atom. The third kappa shape index (κ3) is 5.21. The molecule has 1 aromatic carbocycles. The number of amides is 1. The highest BCUT2D eigenvalue weighted by molar-refractivity contribution is 7.92. The van der Waals surface area contributed by atoms with Crippen LogP contribution in [0, 0.1) is 5.92 Å². The molecule has 24 heavy (non-hydrogen) atoms. The molecular formula is C17H27N3O3S. The van der Waals surface area contributed by atoms with Crippen molar-refractivity contribution >= 4 is 21.6 Å². The Bertz CT molecular complexity index is 667. The Hall–Kier alpha value is -1.60. The average Bonchev–Trinajstić information content (AvgIpc) is 2.55. The maximum absolute atomic E-state index is 12.3. The minimum atomic E-state index is -3.34. The second kappa shape index (κ2) is 7.98. The fourth-order valence-electron chi connectivity index (χ4n) is 2.88. The van der Waals surface area contributed by atoms with Crippen LogP contribution >= 0.6 is 0 Å². The summed E-state index contributed by atoms with van der Waals surface area (Å²) in [5.41, 5.74) is 0.965. The van der Waals surface area contributed by atoms with E-state index in [1.807, 2.05) is 0 Å². The molecule has 0 spiro atoms. The van der Waals surface area contributed by atoms with Crippen LogP contribution in [0.1, 0.15) is 29.6 Å². The molecule has 2 rings (SSSR count). The predicted molar refractivity (Wildman–Crippen MR) is 96.9 cm³/mol. The van der Waals surface area contributed by atoms with E-state index >= 15 is 0 Å². The van der Waals surface area contributed by atoms with Crippen molar-refractivity contribution in [1.29, 1.82) is 0 Å². The Labute approximate surface area is 144 Å². The van der Waals surface area contributed by atoms with E-state index in [2.05, 4.69) is 17.3 Å². The van der Waals surface area contributed by atoms with E-state index in [-0.39, 0.29) is 5.91 Å². The summed E-state index contributed by atoms with van der Waals surface area (Å²) in [7, 11) is 0.279. The highest BCUT2D eigenvalue weighted by Gasteiger charge is 2.17. The molecule has 6 nitrogen and oxygen atoms in total. The maximum atomic E-state index is 12.3. The lowest BCUT2D eigenvalue weighted by Crippen LogP contribution is -2.32. The number of piperidine rings is 1. The molecule has 134 valence electrons. The van der Waals surface area contributed by atoms with Crippen molar-refractivity contribution in [3.05, 3.63) is 29.8 Å². The second-order valence-electron chi connectivity index (χ2n) is 6.57. The number of hydrogen-bond acceptors (Lipinski definition) is 4. The zero-order chi connectivity index (χ0) is 17.7. The van der Waals surface area contributed by atoms with Gasteiger partial charge in [0.1, 0.15) is 0 Å². The molecule has 0 bridgehead atoms. The van der Waals surface area contributed by atoms with Crippen LogP contribution in [0.2, 0.25) is 0 Å². The lowest BCUT2D eigenvalue weighted by atomic mass is 9.94. The van der Waals surface area contributed by atoms with Crippen LogP contribution in [0.3, 0.4) is 0 Å². The van der Waals surface area contributed by atoms with E-state index in [1.54, 1.807) is 24.3 Å². The van der Waals surface area contributed by atoms with Crippen molar-refractivity contribution in [2.45, 2.75) is 19.3 Å². The van der Waals surface area contributed by atoms with Gasteiger partial charge in [-0.1, -0.05) is 6.07 Å². The molecular weight excluding hydrogens is 326 g/mol. The molecule has 1 saturated heterocycles. The zero-order valence-electron chi connectivity index (χ0n) is 14.7. The molecule has 0 unspecified atom stereocenters. The largest absolute Gasteiger partial charge is 0.352 e.